The number of nitrogens with one attached hydrogen (secondary N) is 1. The van der Waals surface area contributed by atoms with Crippen LogP contribution in [0.1, 0.15) is 33.6 Å². The van der Waals surface area contributed by atoms with Crippen molar-refractivity contribution < 1.29 is 14.6 Å². The number of aliphatic hydroxyl groups excluding tert-OH is 1. The molecule has 0 unspecified atom stereocenters. The van der Waals surface area contributed by atoms with E-state index in [2.05, 4.69) is 5.32 Å². The van der Waals surface area contributed by atoms with Gasteiger partial charge in [-0.2, -0.15) is 0 Å². The third-order valence-electron chi connectivity index (χ3n) is 2.08. The van der Waals surface area contributed by atoms with E-state index in [0.717, 1.165) is 0 Å². The summed E-state index contributed by atoms with van der Waals surface area (Å²) in [5.41, 5.74) is -0.436. The van der Waals surface area contributed by atoms with Crippen LogP contribution in [0.25, 0.3) is 0 Å². The summed E-state index contributed by atoms with van der Waals surface area (Å²) in [4.78, 5) is 11.6. The highest BCUT2D eigenvalue weighted by Gasteiger charge is 2.28. The highest BCUT2D eigenvalue weighted by Crippen LogP contribution is 2.13. The second-order valence-electron chi connectivity index (χ2n) is 4.73. The van der Waals surface area contributed by atoms with Crippen molar-refractivity contribution in [1.82, 2.24) is 5.32 Å². The smallest absolute Gasteiger partial charge is 0.323 e. The van der Waals surface area contributed by atoms with Crippen molar-refractivity contribution in [2.45, 2.75) is 51.4 Å². The number of hydrogen-bond acceptors (Lipinski definition) is 4. The third kappa shape index (κ3) is 3.64. The molecule has 2 N–H and O–H groups in total. The number of rotatable bonds is 1. The lowest BCUT2D eigenvalue weighted by atomic mass is 10.0. The van der Waals surface area contributed by atoms with E-state index in [1.54, 1.807) is 0 Å². The van der Waals surface area contributed by atoms with E-state index in [0.29, 0.717) is 19.4 Å². The number of ether oxygens (including phenoxy) is 1. The molecule has 0 bridgehead atoms. The van der Waals surface area contributed by atoms with Crippen molar-refractivity contribution in [1.29, 1.82) is 0 Å². The molecule has 4 nitrogen and oxygen atoms in total. The molecule has 0 radical (unpaired) electrons. The second-order valence-corrected chi connectivity index (χ2v) is 4.73. The van der Waals surface area contributed by atoms with Crippen molar-refractivity contribution in [3.8, 4) is 0 Å². The van der Waals surface area contributed by atoms with Crippen molar-refractivity contribution in [2.24, 2.45) is 0 Å². The van der Waals surface area contributed by atoms with Crippen molar-refractivity contribution in [3.63, 3.8) is 0 Å². The van der Waals surface area contributed by atoms with E-state index in [4.69, 9.17) is 4.74 Å². The van der Waals surface area contributed by atoms with E-state index in [9.17, 15) is 9.90 Å². The number of aliphatic hydroxyl groups is 1. The molecule has 1 aliphatic heterocycles. The summed E-state index contributed by atoms with van der Waals surface area (Å²) in [6.45, 7) is 6.03. The minimum Gasteiger partial charge on any atom is -0.459 e. The van der Waals surface area contributed by atoms with Crippen LogP contribution in [-0.2, 0) is 9.53 Å². The van der Waals surface area contributed by atoms with Gasteiger partial charge in [0.25, 0.3) is 0 Å². The Hall–Kier alpha value is -0.610. The first-order valence-electron chi connectivity index (χ1n) is 5.03. The van der Waals surface area contributed by atoms with E-state index >= 15 is 0 Å². The zero-order chi connectivity index (χ0) is 10.8. The largest absolute Gasteiger partial charge is 0.459 e. The van der Waals surface area contributed by atoms with Gasteiger partial charge >= 0.3 is 5.97 Å². The first kappa shape index (κ1) is 11.5. The Morgan fingerprint density at radius 1 is 1.43 bits per heavy atom. The lowest BCUT2D eigenvalue weighted by molar-refractivity contribution is -0.158. The quantitative estimate of drug-likeness (QED) is 0.604. The molecule has 0 aromatic rings. The first-order chi connectivity index (χ1) is 6.38. The number of esters is 1. The first-order valence-corrected chi connectivity index (χ1v) is 5.03. The van der Waals surface area contributed by atoms with Gasteiger partial charge in [0.2, 0.25) is 0 Å². The van der Waals surface area contributed by atoms with E-state index in [-0.39, 0.29) is 18.1 Å². The standard InChI is InChI=1S/C10H19NO3/c1-10(2,3)14-9(13)8-5-4-7(12)6-11-8/h7-8,11-12H,4-6H2,1-3H3/t7-,8+/m1/s1. The van der Waals surface area contributed by atoms with Crippen LogP contribution >= 0.6 is 0 Å². The number of piperidine rings is 1. The summed E-state index contributed by atoms with van der Waals surface area (Å²) >= 11 is 0. The Kier molecular flexibility index (Phi) is 3.50. The van der Waals surface area contributed by atoms with Crippen LogP contribution in [-0.4, -0.2) is 35.4 Å². The molecular formula is C10H19NO3. The molecule has 0 saturated carbocycles. The van der Waals surface area contributed by atoms with Gasteiger partial charge in [-0.25, -0.2) is 0 Å². The minimum atomic E-state index is -0.436. The molecule has 2 atom stereocenters. The van der Waals surface area contributed by atoms with Gasteiger partial charge in [-0.3, -0.25) is 4.79 Å². The van der Waals surface area contributed by atoms with E-state index < -0.39 is 5.60 Å². The maximum Gasteiger partial charge on any atom is 0.323 e. The number of carbonyl (C=O) groups excluding carboxylic acids is 1. The Labute approximate surface area is 84.6 Å². The van der Waals surface area contributed by atoms with Crippen LogP contribution in [0.4, 0.5) is 0 Å². The van der Waals surface area contributed by atoms with Crippen molar-refractivity contribution in [3.05, 3.63) is 0 Å². The zero-order valence-corrected chi connectivity index (χ0v) is 9.04. The van der Waals surface area contributed by atoms with Gasteiger partial charge in [0, 0.05) is 6.54 Å². The Bertz CT molecular complexity index is 202. The summed E-state index contributed by atoms with van der Waals surface area (Å²) in [6, 6.07) is -0.252. The summed E-state index contributed by atoms with van der Waals surface area (Å²) in [7, 11) is 0. The molecule has 0 aromatic carbocycles. The predicted molar refractivity (Wildman–Crippen MR) is 52.9 cm³/mol. The molecular weight excluding hydrogens is 182 g/mol. The van der Waals surface area contributed by atoms with Crippen molar-refractivity contribution in [2.75, 3.05) is 6.54 Å². The fourth-order valence-electron chi connectivity index (χ4n) is 1.42. The van der Waals surface area contributed by atoms with Crippen LogP contribution in [0.5, 0.6) is 0 Å². The van der Waals surface area contributed by atoms with Crippen LogP contribution in [0.2, 0.25) is 0 Å². The summed E-state index contributed by atoms with van der Waals surface area (Å²) in [5.74, 6) is -0.218. The summed E-state index contributed by atoms with van der Waals surface area (Å²) in [6.07, 6.45) is 0.987. The van der Waals surface area contributed by atoms with Crippen LogP contribution in [0, 0.1) is 0 Å². The predicted octanol–water partition coefficient (Wildman–Crippen LogP) is 0.441. The molecule has 1 aliphatic rings. The average Bonchev–Trinajstić information content (AvgIpc) is 2.02. The molecule has 1 rings (SSSR count). The normalized spacial score (nSPS) is 28.6. The molecule has 0 amide bonds. The number of carbonyl (C=O) groups is 1. The molecule has 1 saturated heterocycles. The second kappa shape index (κ2) is 4.28. The highest BCUT2D eigenvalue weighted by molar-refractivity contribution is 5.76. The lowest BCUT2D eigenvalue weighted by Crippen LogP contribution is -2.48. The Morgan fingerprint density at radius 3 is 2.50 bits per heavy atom. The van der Waals surface area contributed by atoms with Gasteiger partial charge in [0.05, 0.1) is 6.10 Å². The molecule has 0 spiro atoms. The molecule has 0 aromatic heterocycles. The fraction of sp³-hybridized carbons (Fsp3) is 0.900. The molecule has 1 heterocycles. The van der Waals surface area contributed by atoms with Gasteiger partial charge in [0.15, 0.2) is 0 Å². The maximum atomic E-state index is 11.6. The monoisotopic (exact) mass is 201 g/mol. The molecule has 0 aliphatic carbocycles. The molecule has 4 heteroatoms. The molecule has 14 heavy (non-hydrogen) atoms. The minimum absolute atomic E-state index is 0.218. The van der Waals surface area contributed by atoms with E-state index in [1.807, 2.05) is 20.8 Å². The van der Waals surface area contributed by atoms with Gasteiger partial charge in [-0.1, -0.05) is 0 Å². The van der Waals surface area contributed by atoms with E-state index in [1.165, 1.54) is 0 Å². The summed E-state index contributed by atoms with van der Waals surface area (Å²) in [5, 5.41) is 12.2. The third-order valence-corrected chi connectivity index (χ3v) is 2.08. The van der Waals surface area contributed by atoms with Gasteiger partial charge in [-0.15, -0.1) is 0 Å². The van der Waals surface area contributed by atoms with Gasteiger partial charge in [0.1, 0.15) is 11.6 Å². The number of β-amino-alcohol motifs (C(OH)–C–C–N with tert-alkyl or cyclic N) is 1. The lowest BCUT2D eigenvalue weighted by Gasteiger charge is -2.28. The van der Waals surface area contributed by atoms with Crippen LogP contribution in [0.3, 0.4) is 0 Å². The molecule has 1 fully saturated rings. The van der Waals surface area contributed by atoms with Gasteiger partial charge in [-0.05, 0) is 33.6 Å². The topological polar surface area (TPSA) is 58.6 Å². The van der Waals surface area contributed by atoms with Gasteiger partial charge < -0.3 is 15.2 Å². The molecule has 82 valence electrons. The Balaban J connectivity index is 2.38. The van der Waals surface area contributed by atoms with Crippen molar-refractivity contribution >= 4 is 5.97 Å². The number of hydrogen-bond donors (Lipinski definition) is 2. The Morgan fingerprint density at radius 2 is 2.07 bits per heavy atom. The zero-order valence-electron chi connectivity index (χ0n) is 9.04. The SMILES string of the molecule is CC(C)(C)OC(=O)[C@@H]1CC[C@@H](O)CN1. The summed E-state index contributed by atoms with van der Waals surface area (Å²) < 4.78 is 5.23. The maximum absolute atomic E-state index is 11.6. The van der Waals surface area contributed by atoms with Crippen LogP contribution in [0.15, 0.2) is 0 Å². The average molecular weight is 201 g/mol. The van der Waals surface area contributed by atoms with Crippen LogP contribution < -0.4 is 5.32 Å². The fourth-order valence-corrected chi connectivity index (χ4v) is 1.42. The highest BCUT2D eigenvalue weighted by atomic mass is 16.6.